The van der Waals surface area contributed by atoms with Crippen LogP contribution < -0.4 is 0 Å². The lowest BCUT2D eigenvalue weighted by molar-refractivity contribution is -0.109. The minimum atomic E-state index is -0.0522. The Balaban J connectivity index is 2.37. The third-order valence-electron chi connectivity index (χ3n) is 1.94. The third-order valence-corrected chi connectivity index (χ3v) is 3.52. The highest BCUT2D eigenvalue weighted by Crippen LogP contribution is 2.33. The molecule has 0 unspecified atom stereocenters. The summed E-state index contributed by atoms with van der Waals surface area (Å²) in [7, 11) is 0. The maximum Gasteiger partial charge on any atom is 0.192 e. The fourth-order valence-electron chi connectivity index (χ4n) is 1.35. The second-order valence-electron chi connectivity index (χ2n) is 3.35. The van der Waals surface area contributed by atoms with Gasteiger partial charge in [-0.15, -0.1) is 0 Å². The van der Waals surface area contributed by atoms with E-state index in [2.05, 4.69) is 19.9 Å². The number of H-pyrrole nitrogens is 2. The van der Waals surface area contributed by atoms with Crippen LogP contribution in [0.25, 0.3) is 11.4 Å². The van der Waals surface area contributed by atoms with Crippen LogP contribution in [0.15, 0.2) is 22.7 Å². The highest BCUT2D eigenvalue weighted by molar-refractivity contribution is 8.14. The van der Waals surface area contributed by atoms with E-state index < -0.39 is 0 Å². The molecule has 0 bridgehead atoms. The molecule has 0 aliphatic heterocycles. The molecule has 0 radical (unpaired) electrons. The van der Waals surface area contributed by atoms with Gasteiger partial charge in [-0.2, -0.15) is 0 Å². The number of rotatable bonds is 3. The van der Waals surface area contributed by atoms with Gasteiger partial charge < -0.3 is 9.97 Å². The summed E-state index contributed by atoms with van der Waals surface area (Å²) >= 11 is 2.07. The zero-order chi connectivity index (χ0) is 13.1. The zero-order valence-corrected chi connectivity index (χ0v) is 11.3. The smallest absolute Gasteiger partial charge is 0.192 e. The van der Waals surface area contributed by atoms with Gasteiger partial charge >= 0.3 is 0 Å². The Morgan fingerprint density at radius 1 is 0.944 bits per heavy atom. The van der Waals surface area contributed by atoms with Gasteiger partial charge in [0, 0.05) is 13.8 Å². The fraction of sp³-hybridized carbons (Fsp3) is 0.200. The van der Waals surface area contributed by atoms with Crippen LogP contribution in [-0.2, 0) is 9.59 Å². The van der Waals surface area contributed by atoms with Crippen molar-refractivity contribution in [1.29, 1.82) is 0 Å². The van der Waals surface area contributed by atoms with Crippen molar-refractivity contribution in [3.05, 3.63) is 12.7 Å². The van der Waals surface area contributed by atoms with Crippen molar-refractivity contribution >= 4 is 33.8 Å². The molecule has 0 saturated carbocycles. The third kappa shape index (κ3) is 2.82. The first-order chi connectivity index (χ1) is 8.58. The van der Waals surface area contributed by atoms with Crippen LogP contribution in [0.1, 0.15) is 13.8 Å². The molecule has 6 nitrogen and oxygen atoms in total. The number of nitrogens with zero attached hydrogens (tertiary/aromatic N) is 2. The first-order valence-corrected chi connectivity index (χ1v) is 6.65. The topological polar surface area (TPSA) is 91.5 Å². The van der Waals surface area contributed by atoms with E-state index in [4.69, 9.17) is 0 Å². The molecule has 2 N–H and O–H groups in total. The monoisotopic (exact) mass is 282 g/mol. The molecular formula is C10H10N4O2S2. The number of thioether (sulfide) groups is 2. The van der Waals surface area contributed by atoms with Crippen LogP contribution in [0.2, 0.25) is 0 Å². The van der Waals surface area contributed by atoms with E-state index in [0.717, 1.165) is 23.5 Å². The Hall–Kier alpha value is -1.54. The summed E-state index contributed by atoms with van der Waals surface area (Å²) < 4.78 is 0. The molecule has 2 rings (SSSR count). The predicted octanol–water partition coefficient (Wildman–Crippen LogP) is 2.08. The second kappa shape index (κ2) is 5.40. The maximum atomic E-state index is 11.1. The van der Waals surface area contributed by atoms with Gasteiger partial charge in [0.05, 0.1) is 24.0 Å². The minimum Gasteiger partial charge on any atom is -0.342 e. The highest BCUT2D eigenvalue weighted by atomic mass is 32.2. The van der Waals surface area contributed by atoms with Crippen LogP contribution in [0.5, 0.6) is 0 Å². The predicted molar refractivity (Wildman–Crippen MR) is 69.2 cm³/mol. The largest absolute Gasteiger partial charge is 0.342 e. The molecule has 0 aliphatic carbocycles. The molecule has 8 heteroatoms. The summed E-state index contributed by atoms with van der Waals surface area (Å²) in [4.78, 5) is 36.3. The number of hydrogen-bond acceptors (Lipinski definition) is 6. The molecule has 0 amide bonds. The molecule has 0 aliphatic rings. The molecule has 0 saturated heterocycles. The van der Waals surface area contributed by atoms with Crippen LogP contribution in [0.4, 0.5) is 0 Å². The standard InChI is InChI=1S/C10H10N4O2S2/c1-5(15)17-9-7(11-3-13-9)8-10(14-4-12-8)18-6(2)16/h3-4H,1-2H3,(H,11,13)(H,12,14). The van der Waals surface area contributed by atoms with Gasteiger partial charge in [-0.25, -0.2) is 9.97 Å². The lowest BCUT2D eigenvalue weighted by Crippen LogP contribution is -1.89. The molecule has 0 fully saturated rings. The lowest BCUT2D eigenvalue weighted by atomic mass is 10.4. The van der Waals surface area contributed by atoms with Crippen molar-refractivity contribution in [2.24, 2.45) is 0 Å². The summed E-state index contributed by atoms with van der Waals surface area (Å²) in [5, 5.41) is 1.03. The number of aromatic nitrogens is 4. The lowest BCUT2D eigenvalue weighted by Gasteiger charge is -2.00. The first kappa shape index (κ1) is 12.9. The van der Waals surface area contributed by atoms with Gasteiger partial charge in [0.25, 0.3) is 0 Å². The van der Waals surface area contributed by atoms with Crippen molar-refractivity contribution in [2.45, 2.75) is 23.9 Å². The normalized spacial score (nSPS) is 10.6. The summed E-state index contributed by atoms with van der Waals surface area (Å²) in [5.74, 6) is 0. The van der Waals surface area contributed by atoms with Crippen molar-refractivity contribution in [1.82, 2.24) is 19.9 Å². The van der Waals surface area contributed by atoms with Crippen LogP contribution >= 0.6 is 23.5 Å². The van der Waals surface area contributed by atoms with Crippen LogP contribution in [0.3, 0.4) is 0 Å². The highest BCUT2D eigenvalue weighted by Gasteiger charge is 2.17. The molecule has 2 aromatic heterocycles. The number of carbonyl (C=O) groups is 2. The van der Waals surface area contributed by atoms with Crippen LogP contribution in [-0.4, -0.2) is 30.2 Å². The van der Waals surface area contributed by atoms with Gasteiger partial charge in [-0.3, -0.25) is 9.59 Å². The van der Waals surface area contributed by atoms with E-state index in [0.29, 0.717) is 21.4 Å². The zero-order valence-electron chi connectivity index (χ0n) is 9.68. The Morgan fingerprint density at radius 2 is 1.33 bits per heavy atom. The van der Waals surface area contributed by atoms with E-state index in [9.17, 15) is 9.59 Å². The van der Waals surface area contributed by atoms with Gasteiger partial charge in [-0.1, -0.05) is 0 Å². The summed E-state index contributed by atoms with van der Waals surface area (Å²) in [5.41, 5.74) is 1.33. The SMILES string of the molecule is CC(=O)Sc1nc[nH]c1-c1[nH]cnc1SC(C)=O. The fourth-order valence-corrected chi connectivity index (χ4v) is 2.63. The molecule has 18 heavy (non-hydrogen) atoms. The quantitative estimate of drug-likeness (QED) is 0.837. The molecule has 2 heterocycles. The summed E-state index contributed by atoms with van der Waals surface area (Å²) in [6.45, 7) is 2.95. The Kier molecular flexibility index (Phi) is 3.87. The van der Waals surface area contributed by atoms with Gasteiger partial charge in [0.15, 0.2) is 10.2 Å². The number of aromatic amines is 2. The van der Waals surface area contributed by atoms with Crippen LogP contribution in [0, 0.1) is 0 Å². The molecule has 0 atom stereocenters. The van der Waals surface area contributed by atoms with Crippen molar-refractivity contribution in [3.8, 4) is 11.4 Å². The van der Waals surface area contributed by atoms with Gasteiger partial charge in [-0.05, 0) is 23.5 Å². The number of imidazole rings is 2. The number of nitrogens with one attached hydrogen (secondary N) is 2. The van der Waals surface area contributed by atoms with E-state index >= 15 is 0 Å². The number of hydrogen-bond donors (Lipinski definition) is 2. The Bertz CT molecular complexity index is 538. The maximum absolute atomic E-state index is 11.1. The van der Waals surface area contributed by atoms with E-state index in [1.807, 2.05) is 0 Å². The van der Waals surface area contributed by atoms with Gasteiger partial charge in [0.1, 0.15) is 10.1 Å². The van der Waals surface area contributed by atoms with Gasteiger partial charge in [0.2, 0.25) is 0 Å². The van der Waals surface area contributed by atoms with E-state index in [-0.39, 0.29) is 10.2 Å². The number of carbonyl (C=O) groups excluding carboxylic acids is 2. The Morgan fingerprint density at radius 3 is 1.67 bits per heavy atom. The molecule has 94 valence electrons. The minimum absolute atomic E-state index is 0.0522. The average molecular weight is 282 g/mol. The molecule has 0 spiro atoms. The van der Waals surface area contributed by atoms with E-state index in [1.165, 1.54) is 26.5 Å². The Labute approximate surface area is 111 Å². The van der Waals surface area contributed by atoms with E-state index in [1.54, 1.807) is 0 Å². The molecular weight excluding hydrogens is 272 g/mol. The van der Waals surface area contributed by atoms with Crippen molar-refractivity contribution in [3.63, 3.8) is 0 Å². The second-order valence-corrected chi connectivity index (χ2v) is 5.68. The molecule has 0 aromatic carbocycles. The molecule has 2 aromatic rings. The van der Waals surface area contributed by atoms with Crippen molar-refractivity contribution < 1.29 is 9.59 Å². The average Bonchev–Trinajstić information content (AvgIpc) is 2.85. The summed E-state index contributed by atoms with van der Waals surface area (Å²) in [6.07, 6.45) is 3.01. The van der Waals surface area contributed by atoms with Crippen molar-refractivity contribution in [2.75, 3.05) is 0 Å². The first-order valence-electron chi connectivity index (χ1n) is 5.02. The summed E-state index contributed by atoms with van der Waals surface area (Å²) in [6, 6.07) is 0.